The summed E-state index contributed by atoms with van der Waals surface area (Å²) < 4.78 is 28.0. The van der Waals surface area contributed by atoms with Gasteiger partial charge in [-0.05, 0) is 37.6 Å². The van der Waals surface area contributed by atoms with Crippen molar-refractivity contribution < 1.29 is 13.9 Å². The second-order valence-electron chi connectivity index (χ2n) is 5.20. The van der Waals surface area contributed by atoms with Gasteiger partial charge < -0.3 is 10.0 Å². The van der Waals surface area contributed by atoms with Gasteiger partial charge >= 0.3 is 0 Å². The number of anilines is 1. The van der Waals surface area contributed by atoms with Crippen molar-refractivity contribution in [2.24, 2.45) is 0 Å². The molecule has 2 aromatic carbocycles. The van der Waals surface area contributed by atoms with Crippen LogP contribution in [-0.2, 0) is 0 Å². The molecule has 0 amide bonds. The Hall–Kier alpha value is -1.94. The molecule has 0 aliphatic rings. The van der Waals surface area contributed by atoms with Crippen LogP contribution in [-0.4, -0.2) is 12.2 Å². The third-order valence-electron chi connectivity index (χ3n) is 3.77. The first-order chi connectivity index (χ1) is 9.91. The van der Waals surface area contributed by atoms with Crippen molar-refractivity contribution in [3.8, 4) is 0 Å². The van der Waals surface area contributed by atoms with Gasteiger partial charge in [0.1, 0.15) is 11.6 Å². The Morgan fingerprint density at radius 1 is 1.00 bits per heavy atom. The highest BCUT2D eigenvalue weighted by Crippen LogP contribution is 2.30. The number of halogens is 2. The summed E-state index contributed by atoms with van der Waals surface area (Å²) in [4.78, 5) is 1.68. The molecule has 0 heterocycles. The topological polar surface area (TPSA) is 23.5 Å². The normalized spacial score (nSPS) is 13.8. The maximum atomic E-state index is 14.2. The molecule has 21 heavy (non-hydrogen) atoms. The highest BCUT2D eigenvalue weighted by atomic mass is 19.1. The molecule has 0 aliphatic carbocycles. The maximum Gasteiger partial charge on any atom is 0.146 e. The Balaban J connectivity index is 2.32. The van der Waals surface area contributed by atoms with E-state index in [9.17, 15) is 13.9 Å². The van der Waals surface area contributed by atoms with Crippen LogP contribution in [0.25, 0.3) is 0 Å². The quantitative estimate of drug-likeness (QED) is 0.912. The van der Waals surface area contributed by atoms with Gasteiger partial charge in [-0.3, -0.25) is 0 Å². The number of hydrogen-bond acceptors (Lipinski definition) is 2. The number of rotatable bonds is 4. The first-order valence-corrected chi connectivity index (χ1v) is 6.86. The minimum atomic E-state index is -0.720. The van der Waals surface area contributed by atoms with Gasteiger partial charge in [-0.25, -0.2) is 8.78 Å². The van der Waals surface area contributed by atoms with Gasteiger partial charge in [0.2, 0.25) is 0 Å². The van der Waals surface area contributed by atoms with Crippen LogP contribution in [0.2, 0.25) is 0 Å². The van der Waals surface area contributed by atoms with E-state index in [2.05, 4.69) is 0 Å². The second kappa shape index (κ2) is 6.22. The first kappa shape index (κ1) is 15.4. The summed E-state index contributed by atoms with van der Waals surface area (Å²) >= 11 is 0. The second-order valence-corrected chi connectivity index (χ2v) is 5.20. The van der Waals surface area contributed by atoms with E-state index in [0.717, 1.165) is 0 Å². The molecule has 0 saturated heterocycles. The summed E-state index contributed by atoms with van der Waals surface area (Å²) in [5.74, 6) is -0.739. The van der Waals surface area contributed by atoms with Gasteiger partial charge in [-0.2, -0.15) is 0 Å². The Morgan fingerprint density at radius 3 is 2.24 bits per heavy atom. The van der Waals surface area contributed by atoms with E-state index in [4.69, 9.17) is 0 Å². The summed E-state index contributed by atoms with van der Waals surface area (Å²) in [7, 11) is 1.72. The van der Waals surface area contributed by atoms with Crippen molar-refractivity contribution in [2.45, 2.75) is 26.0 Å². The number of benzene rings is 2. The van der Waals surface area contributed by atoms with Crippen LogP contribution in [0.5, 0.6) is 0 Å². The molecular formula is C17H19F2NO. The van der Waals surface area contributed by atoms with Gasteiger partial charge in [0, 0.05) is 12.6 Å². The van der Waals surface area contributed by atoms with E-state index < -0.39 is 11.9 Å². The van der Waals surface area contributed by atoms with E-state index in [1.807, 2.05) is 6.92 Å². The van der Waals surface area contributed by atoms with E-state index in [1.54, 1.807) is 49.2 Å². The molecule has 0 fully saturated rings. The third-order valence-corrected chi connectivity index (χ3v) is 3.77. The van der Waals surface area contributed by atoms with Crippen molar-refractivity contribution in [3.05, 3.63) is 65.2 Å². The van der Waals surface area contributed by atoms with Crippen LogP contribution in [0, 0.1) is 11.6 Å². The number of aliphatic hydroxyl groups is 1. The lowest BCUT2D eigenvalue weighted by atomic mass is 10.0. The Morgan fingerprint density at radius 2 is 1.67 bits per heavy atom. The molecular weight excluding hydrogens is 272 g/mol. The fourth-order valence-electron chi connectivity index (χ4n) is 2.30. The summed E-state index contributed by atoms with van der Waals surface area (Å²) in [5, 5.41) is 9.47. The van der Waals surface area contributed by atoms with Crippen LogP contribution < -0.4 is 4.90 Å². The van der Waals surface area contributed by atoms with Crippen LogP contribution in [0.15, 0.2) is 42.5 Å². The summed E-state index contributed by atoms with van der Waals surface area (Å²) in [6.45, 7) is 3.40. The summed E-state index contributed by atoms with van der Waals surface area (Å²) in [5.41, 5.74) is 1.40. The van der Waals surface area contributed by atoms with E-state index in [0.29, 0.717) is 16.8 Å². The molecule has 1 N–H and O–H groups in total. The Bertz CT molecular complexity index is 628. The van der Waals surface area contributed by atoms with Crippen molar-refractivity contribution in [2.75, 3.05) is 11.9 Å². The maximum absolute atomic E-state index is 14.2. The van der Waals surface area contributed by atoms with Crippen LogP contribution in [0.4, 0.5) is 14.5 Å². The lowest BCUT2D eigenvalue weighted by molar-refractivity contribution is 0.199. The zero-order chi connectivity index (χ0) is 15.6. The van der Waals surface area contributed by atoms with Crippen LogP contribution >= 0.6 is 0 Å². The minimum Gasteiger partial charge on any atom is -0.389 e. The van der Waals surface area contributed by atoms with Gasteiger partial charge in [0.25, 0.3) is 0 Å². The predicted octanol–water partition coefficient (Wildman–Crippen LogP) is 4.22. The average molecular weight is 291 g/mol. The van der Waals surface area contributed by atoms with Crippen LogP contribution in [0.3, 0.4) is 0 Å². The molecule has 0 aliphatic heterocycles. The molecule has 0 spiro atoms. The number of nitrogens with zero attached hydrogens (tertiary/aromatic N) is 1. The smallest absolute Gasteiger partial charge is 0.146 e. The highest BCUT2D eigenvalue weighted by Gasteiger charge is 2.19. The monoisotopic (exact) mass is 291 g/mol. The average Bonchev–Trinajstić information content (AvgIpc) is 2.46. The summed E-state index contributed by atoms with van der Waals surface area (Å²) in [6, 6.07) is 10.8. The van der Waals surface area contributed by atoms with Gasteiger partial charge in [-0.1, -0.05) is 24.3 Å². The Labute approximate surface area is 123 Å². The van der Waals surface area contributed by atoms with Crippen molar-refractivity contribution in [1.82, 2.24) is 0 Å². The fraction of sp³-hybridized carbons (Fsp3) is 0.294. The molecule has 112 valence electrons. The van der Waals surface area contributed by atoms with Gasteiger partial charge in [-0.15, -0.1) is 0 Å². The first-order valence-electron chi connectivity index (χ1n) is 6.86. The molecule has 2 aromatic rings. The van der Waals surface area contributed by atoms with Gasteiger partial charge in [0.05, 0.1) is 17.8 Å². The number of hydrogen-bond donors (Lipinski definition) is 1. The van der Waals surface area contributed by atoms with Crippen molar-refractivity contribution in [1.29, 1.82) is 0 Å². The molecule has 2 rings (SSSR count). The zero-order valence-corrected chi connectivity index (χ0v) is 12.3. The molecule has 0 aromatic heterocycles. The lowest BCUT2D eigenvalue weighted by Gasteiger charge is -2.28. The highest BCUT2D eigenvalue weighted by molar-refractivity contribution is 5.51. The SMILES string of the molecule is CC(O)c1ccc(N(C)C(C)c2ccccc2F)c(F)c1. The largest absolute Gasteiger partial charge is 0.389 e. The standard InChI is InChI=1S/C17H19F2NO/c1-11(14-6-4-5-7-15(14)18)20(3)17-9-8-13(12(2)21)10-16(17)19/h4-12,21H,1-3H3. The molecule has 4 heteroatoms. The number of aliphatic hydroxyl groups excluding tert-OH is 1. The predicted molar refractivity (Wildman–Crippen MR) is 80.3 cm³/mol. The zero-order valence-electron chi connectivity index (χ0n) is 12.3. The van der Waals surface area contributed by atoms with E-state index in [1.165, 1.54) is 12.1 Å². The molecule has 0 radical (unpaired) electrons. The Kier molecular flexibility index (Phi) is 4.58. The van der Waals surface area contributed by atoms with Crippen molar-refractivity contribution >= 4 is 5.69 Å². The van der Waals surface area contributed by atoms with Crippen LogP contribution in [0.1, 0.15) is 37.1 Å². The molecule has 2 atom stereocenters. The minimum absolute atomic E-state index is 0.307. The fourth-order valence-corrected chi connectivity index (χ4v) is 2.30. The molecule has 0 saturated carbocycles. The van der Waals surface area contributed by atoms with E-state index >= 15 is 0 Å². The lowest BCUT2D eigenvalue weighted by Crippen LogP contribution is -2.23. The molecule has 0 bridgehead atoms. The van der Waals surface area contributed by atoms with Crippen molar-refractivity contribution in [3.63, 3.8) is 0 Å². The summed E-state index contributed by atoms with van der Waals surface area (Å²) in [6.07, 6.45) is -0.720. The molecule has 2 unspecified atom stereocenters. The third kappa shape index (κ3) is 3.22. The van der Waals surface area contributed by atoms with Gasteiger partial charge in [0.15, 0.2) is 0 Å². The molecule has 2 nitrogen and oxygen atoms in total. The van der Waals surface area contributed by atoms with E-state index in [-0.39, 0.29) is 11.9 Å².